The summed E-state index contributed by atoms with van der Waals surface area (Å²) >= 11 is 2.21. The first kappa shape index (κ1) is 14.2. The Morgan fingerprint density at radius 1 is 1.37 bits per heavy atom. The topological polar surface area (TPSA) is 69.6 Å². The Morgan fingerprint density at radius 2 is 2.11 bits per heavy atom. The van der Waals surface area contributed by atoms with Gasteiger partial charge in [0.25, 0.3) is 0 Å². The molecule has 2 heterocycles. The van der Waals surface area contributed by atoms with E-state index in [1.165, 1.54) is 0 Å². The molecule has 0 aliphatic rings. The smallest absolute Gasteiger partial charge is 0.180 e. The Balaban J connectivity index is 2.53. The highest BCUT2D eigenvalue weighted by Gasteiger charge is 2.15. The summed E-state index contributed by atoms with van der Waals surface area (Å²) in [5, 5.41) is 0. The molecule has 0 aliphatic carbocycles. The number of imidazole rings is 1. The maximum atomic E-state index is 6.00. The molecule has 0 radical (unpaired) electrons. The Labute approximate surface area is 126 Å². The SMILES string of the molecule is CCCc1nc(-c2cncn2C(C)C)nc(N)c1I. The van der Waals surface area contributed by atoms with E-state index in [1.807, 2.05) is 0 Å². The van der Waals surface area contributed by atoms with Gasteiger partial charge in [-0.1, -0.05) is 13.3 Å². The van der Waals surface area contributed by atoms with Gasteiger partial charge in [0.15, 0.2) is 5.82 Å². The Kier molecular flexibility index (Phi) is 4.38. The molecule has 19 heavy (non-hydrogen) atoms. The van der Waals surface area contributed by atoms with Crippen molar-refractivity contribution in [1.29, 1.82) is 0 Å². The summed E-state index contributed by atoms with van der Waals surface area (Å²) in [7, 11) is 0. The number of nitrogens with two attached hydrogens (primary N) is 1. The van der Waals surface area contributed by atoms with E-state index < -0.39 is 0 Å². The molecule has 0 fully saturated rings. The predicted octanol–water partition coefficient (Wildman–Crippen LogP) is 3.06. The average Bonchev–Trinajstić information content (AvgIpc) is 2.84. The monoisotopic (exact) mass is 371 g/mol. The van der Waals surface area contributed by atoms with Crippen LogP contribution in [0.1, 0.15) is 38.9 Å². The Morgan fingerprint density at radius 3 is 2.74 bits per heavy atom. The van der Waals surface area contributed by atoms with Crippen molar-refractivity contribution in [2.75, 3.05) is 5.73 Å². The molecule has 0 bridgehead atoms. The second-order valence-corrected chi connectivity index (χ2v) is 5.80. The lowest BCUT2D eigenvalue weighted by Gasteiger charge is -2.12. The van der Waals surface area contributed by atoms with Crippen LogP contribution in [-0.2, 0) is 6.42 Å². The molecule has 2 N–H and O–H groups in total. The van der Waals surface area contributed by atoms with Gasteiger partial charge in [-0.2, -0.15) is 0 Å². The fraction of sp³-hybridized carbons (Fsp3) is 0.462. The minimum absolute atomic E-state index is 0.316. The maximum absolute atomic E-state index is 6.00. The normalized spacial score (nSPS) is 11.2. The minimum Gasteiger partial charge on any atom is -0.383 e. The summed E-state index contributed by atoms with van der Waals surface area (Å²) < 4.78 is 3.01. The van der Waals surface area contributed by atoms with Crippen LogP contribution in [0.25, 0.3) is 11.5 Å². The van der Waals surface area contributed by atoms with E-state index in [-0.39, 0.29) is 0 Å². The van der Waals surface area contributed by atoms with Crippen molar-refractivity contribution in [2.24, 2.45) is 0 Å². The second kappa shape index (κ2) is 5.85. The van der Waals surface area contributed by atoms with Crippen molar-refractivity contribution < 1.29 is 0 Å². The number of hydrogen-bond acceptors (Lipinski definition) is 4. The van der Waals surface area contributed by atoms with Crippen molar-refractivity contribution >= 4 is 28.4 Å². The van der Waals surface area contributed by atoms with Gasteiger partial charge in [-0.3, -0.25) is 0 Å². The molecule has 0 aromatic carbocycles. The van der Waals surface area contributed by atoms with Crippen molar-refractivity contribution in [3.05, 3.63) is 21.8 Å². The van der Waals surface area contributed by atoms with Gasteiger partial charge in [0, 0.05) is 6.04 Å². The van der Waals surface area contributed by atoms with Crippen LogP contribution < -0.4 is 5.73 Å². The summed E-state index contributed by atoms with van der Waals surface area (Å²) in [5.74, 6) is 1.21. The molecule has 102 valence electrons. The predicted molar refractivity (Wildman–Crippen MR) is 84.8 cm³/mol. The standard InChI is InChI=1S/C13H18IN5/c1-4-5-9-11(14)12(15)18-13(17-9)10-6-16-7-19(10)8(2)3/h6-8H,4-5H2,1-3H3,(H2,15,17,18). The molecule has 2 rings (SSSR count). The zero-order chi connectivity index (χ0) is 14.0. The van der Waals surface area contributed by atoms with E-state index in [0.717, 1.165) is 27.8 Å². The molecule has 0 saturated heterocycles. The van der Waals surface area contributed by atoms with Gasteiger partial charge in [0.2, 0.25) is 0 Å². The fourth-order valence-electron chi connectivity index (χ4n) is 1.92. The second-order valence-electron chi connectivity index (χ2n) is 4.72. The molecule has 6 heteroatoms. The summed E-state index contributed by atoms with van der Waals surface area (Å²) in [6.45, 7) is 6.34. The van der Waals surface area contributed by atoms with Gasteiger partial charge in [-0.05, 0) is 42.9 Å². The minimum atomic E-state index is 0.316. The van der Waals surface area contributed by atoms with Gasteiger partial charge in [-0.25, -0.2) is 15.0 Å². The summed E-state index contributed by atoms with van der Waals surface area (Å²) in [6, 6.07) is 0.316. The van der Waals surface area contributed by atoms with E-state index in [4.69, 9.17) is 5.73 Å². The number of halogens is 1. The molecule has 0 unspecified atom stereocenters. The van der Waals surface area contributed by atoms with Gasteiger partial charge >= 0.3 is 0 Å². The molecule has 0 spiro atoms. The van der Waals surface area contributed by atoms with Crippen LogP contribution in [0.5, 0.6) is 0 Å². The zero-order valence-electron chi connectivity index (χ0n) is 11.4. The van der Waals surface area contributed by atoms with Crippen LogP contribution in [0.2, 0.25) is 0 Å². The third-order valence-electron chi connectivity index (χ3n) is 2.88. The van der Waals surface area contributed by atoms with E-state index in [2.05, 4.69) is 62.9 Å². The number of aryl methyl sites for hydroxylation is 1. The van der Waals surface area contributed by atoms with Crippen LogP contribution in [0.3, 0.4) is 0 Å². The first-order valence-corrected chi connectivity index (χ1v) is 7.46. The number of anilines is 1. The molecular weight excluding hydrogens is 353 g/mol. The van der Waals surface area contributed by atoms with Gasteiger partial charge < -0.3 is 10.3 Å². The van der Waals surface area contributed by atoms with E-state index in [9.17, 15) is 0 Å². The molecule has 2 aromatic rings. The van der Waals surface area contributed by atoms with E-state index in [0.29, 0.717) is 17.7 Å². The molecule has 5 nitrogen and oxygen atoms in total. The largest absolute Gasteiger partial charge is 0.383 e. The van der Waals surface area contributed by atoms with Crippen LogP contribution in [0.4, 0.5) is 5.82 Å². The van der Waals surface area contributed by atoms with Gasteiger partial charge in [-0.15, -0.1) is 0 Å². The number of hydrogen-bond donors (Lipinski definition) is 1. The third kappa shape index (κ3) is 2.88. The Bertz CT molecular complexity index is 576. The quantitative estimate of drug-likeness (QED) is 0.839. The molecule has 0 aliphatic heterocycles. The Hall–Kier alpha value is -1.18. The maximum Gasteiger partial charge on any atom is 0.180 e. The summed E-state index contributed by atoms with van der Waals surface area (Å²) in [6.07, 6.45) is 5.54. The van der Waals surface area contributed by atoms with E-state index >= 15 is 0 Å². The highest BCUT2D eigenvalue weighted by Crippen LogP contribution is 2.24. The number of nitrogens with zero attached hydrogens (tertiary/aromatic N) is 4. The van der Waals surface area contributed by atoms with Crippen LogP contribution >= 0.6 is 22.6 Å². The van der Waals surface area contributed by atoms with E-state index in [1.54, 1.807) is 12.5 Å². The first-order valence-electron chi connectivity index (χ1n) is 6.38. The zero-order valence-corrected chi connectivity index (χ0v) is 13.5. The van der Waals surface area contributed by atoms with Crippen LogP contribution in [0, 0.1) is 3.57 Å². The van der Waals surface area contributed by atoms with Gasteiger partial charge in [0.05, 0.1) is 21.8 Å². The molecular formula is C13H18IN5. The van der Waals surface area contributed by atoms with Crippen molar-refractivity contribution in [2.45, 2.75) is 39.7 Å². The lowest BCUT2D eigenvalue weighted by Crippen LogP contribution is -2.08. The third-order valence-corrected chi connectivity index (χ3v) is 4.06. The number of nitrogen functional groups attached to an aromatic ring is 1. The highest BCUT2D eigenvalue weighted by molar-refractivity contribution is 14.1. The van der Waals surface area contributed by atoms with Crippen molar-refractivity contribution in [1.82, 2.24) is 19.5 Å². The summed E-state index contributed by atoms with van der Waals surface area (Å²) in [4.78, 5) is 13.2. The van der Waals surface area contributed by atoms with Crippen LogP contribution in [0.15, 0.2) is 12.5 Å². The highest BCUT2D eigenvalue weighted by atomic mass is 127. The van der Waals surface area contributed by atoms with Crippen molar-refractivity contribution in [3.63, 3.8) is 0 Å². The molecule has 0 saturated carbocycles. The first-order chi connectivity index (χ1) is 9.04. The molecule has 0 amide bonds. The van der Waals surface area contributed by atoms with Gasteiger partial charge in [0.1, 0.15) is 11.5 Å². The van der Waals surface area contributed by atoms with Crippen LogP contribution in [-0.4, -0.2) is 19.5 Å². The molecule has 2 aromatic heterocycles. The number of rotatable bonds is 4. The lowest BCUT2D eigenvalue weighted by molar-refractivity contribution is 0.603. The number of aromatic nitrogens is 4. The average molecular weight is 371 g/mol. The fourth-order valence-corrected chi connectivity index (χ4v) is 2.43. The lowest BCUT2D eigenvalue weighted by atomic mass is 10.2. The van der Waals surface area contributed by atoms with Crippen molar-refractivity contribution in [3.8, 4) is 11.5 Å². The summed E-state index contributed by atoms with van der Waals surface area (Å²) in [5.41, 5.74) is 7.92. The molecule has 0 atom stereocenters.